The van der Waals surface area contributed by atoms with E-state index in [4.69, 9.17) is 0 Å². The van der Waals surface area contributed by atoms with Crippen LogP contribution in [0.4, 0.5) is 0 Å². The third-order valence-electron chi connectivity index (χ3n) is 4.81. The normalized spacial score (nSPS) is 14.1. The Morgan fingerprint density at radius 1 is 1.04 bits per heavy atom. The molecule has 6 heteroatoms. The Morgan fingerprint density at radius 2 is 1.69 bits per heavy atom. The smallest absolute Gasteiger partial charge is 0.337 e. The molecule has 0 fully saturated rings. The number of rotatable bonds is 5. The summed E-state index contributed by atoms with van der Waals surface area (Å²) in [4.78, 5) is 11.8. The van der Waals surface area contributed by atoms with E-state index in [2.05, 4.69) is 4.74 Å². The predicted octanol–water partition coefficient (Wildman–Crippen LogP) is 3.17. The van der Waals surface area contributed by atoms with Gasteiger partial charge in [0.2, 0.25) is 10.0 Å². The number of sulfonamides is 1. The first-order valence-corrected chi connectivity index (χ1v) is 10.1. The molecular weight excluding hydrogens is 350 g/mol. The van der Waals surface area contributed by atoms with Gasteiger partial charge in [0.15, 0.2) is 0 Å². The van der Waals surface area contributed by atoms with Gasteiger partial charge in [0.05, 0.1) is 17.6 Å². The molecule has 0 saturated heterocycles. The lowest BCUT2D eigenvalue weighted by atomic mass is 9.92. The maximum absolute atomic E-state index is 12.9. The quantitative estimate of drug-likeness (QED) is 0.755. The molecule has 1 aliphatic carbocycles. The van der Waals surface area contributed by atoms with Crippen molar-refractivity contribution in [2.24, 2.45) is 0 Å². The van der Waals surface area contributed by atoms with Gasteiger partial charge in [0.1, 0.15) is 0 Å². The van der Waals surface area contributed by atoms with Crippen LogP contribution in [0.3, 0.4) is 0 Å². The third-order valence-corrected chi connectivity index (χ3v) is 6.61. The van der Waals surface area contributed by atoms with Crippen LogP contribution in [0.15, 0.2) is 47.4 Å². The number of methoxy groups -OCH3 is 1. The van der Waals surface area contributed by atoms with Gasteiger partial charge in [0.25, 0.3) is 0 Å². The van der Waals surface area contributed by atoms with Crippen LogP contribution in [0.5, 0.6) is 0 Å². The number of benzene rings is 2. The summed E-state index contributed by atoms with van der Waals surface area (Å²) in [5.41, 5.74) is 3.66. The second kappa shape index (κ2) is 7.60. The largest absolute Gasteiger partial charge is 0.465 e. The fraction of sp³-hybridized carbons (Fsp3) is 0.350. The van der Waals surface area contributed by atoms with Crippen molar-refractivity contribution in [3.05, 3.63) is 64.7 Å². The monoisotopic (exact) mass is 373 g/mol. The standard InChI is InChI=1S/C20H23NO4S/c1-21(14-15-7-9-17(10-8-15)20(22)25-2)26(23,24)19-12-11-16-5-3-4-6-18(16)13-19/h7-13H,3-6,14H2,1-2H3. The number of carbonyl (C=O) groups excluding carboxylic acids is 1. The summed E-state index contributed by atoms with van der Waals surface area (Å²) in [6.07, 6.45) is 4.24. The van der Waals surface area contributed by atoms with Crippen molar-refractivity contribution in [3.8, 4) is 0 Å². The summed E-state index contributed by atoms with van der Waals surface area (Å²) >= 11 is 0. The zero-order chi connectivity index (χ0) is 18.7. The van der Waals surface area contributed by atoms with E-state index in [0.717, 1.165) is 30.4 Å². The van der Waals surface area contributed by atoms with Gasteiger partial charge >= 0.3 is 5.97 Å². The first kappa shape index (κ1) is 18.6. The molecule has 5 nitrogen and oxygen atoms in total. The number of nitrogens with zero attached hydrogens (tertiary/aromatic N) is 1. The number of carbonyl (C=O) groups is 1. The molecular formula is C20H23NO4S. The zero-order valence-electron chi connectivity index (χ0n) is 15.1. The van der Waals surface area contributed by atoms with E-state index in [9.17, 15) is 13.2 Å². The fourth-order valence-corrected chi connectivity index (χ4v) is 4.47. The summed E-state index contributed by atoms with van der Waals surface area (Å²) in [7, 11) is -0.659. The minimum Gasteiger partial charge on any atom is -0.465 e. The molecule has 2 aromatic rings. The van der Waals surface area contributed by atoms with Crippen LogP contribution >= 0.6 is 0 Å². The average molecular weight is 373 g/mol. The highest BCUT2D eigenvalue weighted by atomic mass is 32.2. The molecule has 0 amide bonds. The molecule has 0 spiro atoms. The number of fused-ring (bicyclic) bond motifs is 1. The molecule has 0 heterocycles. The van der Waals surface area contributed by atoms with Crippen LogP contribution < -0.4 is 0 Å². The molecule has 26 heavy (non-hydrogen) atoms. The van der Waals surface area contributed by atoms with Gasteiger partial charge in [-0.05, 0) is 66.6 Å². The highest BCUT2D eigenvalue weighted by Gasteiger charge is 2.23. The molecule has 1 aliphatic rings. The summed E-state index contributed by atoms with van der Waals surface area (Å²) in [5, 5.41) is 0. The topological polar surface area (TPSA) is 63.7 Å². The van der Waals surface area contributed by atoms with E-state index in [1.54, 1.807) is 37.4 Å². The van der Waals surface area contributed by atoms with Crippen molar-refractivity contribution in [2.45, 2.75) is 37.1 Å². The van der Waals surface area contributed by atoms with Crippen LogP contribution in [0, 0.1) is 0 Å². The molecule has 0 aromatic heterocycles. The van der Waals surface area contributed by atoms with E-state index in [-0.39, 0.29) is 6.54 Å². The van der Waals surface area contributed by atoms with E-state index in [1.165, 1.54) is 23.4 Å². The van der Waals surface area contributed by atoms with Gasteiger partial charge in [0, 0.05) is 13.6 Å². The lowest BCUT2D eigenvalue weighted by molar-refractivity contribution is 0.0600. The van der Waals surface area contributed by atoms with Crippen molar-refractivity contribution in [1.82, 2.24) is 4.31 Å². The van der Waals surface area contributed by atoms with Crippen LogP contribution in [-0.2, 0) is 34.1 Å². The van der Waals surface area contributed by atoms with Crippen molar-refractivity contribution >= 4 is 16.0 Å². The van der Waals surface area contributed by atoms with Crippen LogP contribution in [0.25, 0.3) is 0 Å². The summed E-state index contributed by atoms with van der Waals surface area (Å²) in [5.74, 6) is -0.411. The van der Waals surface area contributed by atoms with E-state index < -0.39 is 16.0 Å². The van der Waals surface area contributed by atoms with Gasteiger partial charge in [-0.15, -0.1) is 0 Å². The minimum atomic E-state index is -3.56. The number of hydrogen-bond donors (Lipinski definition) is 0. The number of esters is 1. The highest BCUT2D eigenvalue weighted by Crippen LogP contribution is 2.26. The summed E-state index contributed by atoms with van der Waals surface area (Å²) < 4.78 is 31.8. The molecule has 0 saturated carbocycles. The van der Waals surface area contributed by atoms with Crippen molar-refractivity contribution in [3.63, 3.8) is 0 Å². The molecule has 0 N–H and O–H groups in total. The molecule has 0 atom stereocenters. The van der Waals surface area contributed by atoms with Crippen LogP contribution in [-0.4, -0.2) is 32.8 Å². The van der Waals surface area contributed by atoms with Gasteiger partial charge < -0.3 is 4.74 Å². The number of aryl methyl sites for hydroxylation is 2. The average Bonchev–Trinajstić information content (AvgIpc) is 2.67. The van der Waals surface area contributed by atoms with E-state index in [0.29, 0.717) is 10.5 Å². The van der Waals surface area contributed by atoms with Gasteiger partial charge in [-0.2, -0.15) is 4.31 Å². The molecule has 0 aliphatic heterocycles. The molecule has 3 rings (SSSR count). The Balaban J connectivity index is 1.78. The van der Waals surface area contributed by atoms with E-state index >= 15 is 0 Å². The van der Waals surface area contributed by atoms with Gasteiger partial charge in [-0.3, -0.25) is 0 Å². The fourth-order valence-electron chi connectivity index (χ4n) is 3.26. The Hall–Kier alpha value is -2.18. The maximum atomic E-state index is 12.9. The second-order valence-electron chi connectivity index (χ2n) is 6.59. The summed E-state index contributed by atoms with van der Waals surface area (Å²) in [6.45, 7) is 0.237. The van der Waals surface area contributed by atoms with Gasteiger partial charge in [-0.25, -0.2) is 13.2 Å². The van der Waals surface area contributed by atoms with E-state index in [1.807, 2.05) is 12.1 Å². The Kier molecular flexibility index (Phi) is 5.44. The molecule has 0 unspecified atom stereocenters. The van der Waals surface area contributed by atoms with Gasteiger partial charge in [-0.1, -0.05) is 18.2 Å². The molecule has 0 bridgehead atoms. The minimum absolute atomic E-state index is 0.237. The van der Waals surface area contributed by atoms with Crippen molar-refractivity contribution in [1.29, 1.82) is 0 Å². The molecule has 2 aromatic carbocycles. The Morgan fingerprint density at radius 3 is 2.35 bits per heavy atom. The molecule has 138 valence electrons. The third kappa shape index (κ3) is 3.81. The lowest BCUT2D eigenvalue weighted by Crippen LogP contribution is -2.26. The first-order valence-electron chi connectivity index (χ1n) is 8.67. The summed E-state index contributed by atoms with van der Waals surface area (Å²) in [6, 6.07) is 12.2. The highest BCUT2D eigenvalue weighted by molar-refractivity contribution is 7.89. The number of ether oxygens (including phenoxy) is 1. The maximum Gasteiger partial charge on any atom is 0.337 e. The number of hydrogen-bond acceptors (Lipinski definition) is 4. The molecule has 0 radical (unpaired) electrons. The Labute approximate surface area is 154 Å². The van der Waals surface area contributed by atoms with Crippen molar-refractivity contribution < 1.29 is 17.9 Å². The second-order valence-corrected chi connectivity index (χ2v) is 8.63. The van der Waals surface area contributed by atoms with Crippen LogP contribution in [0.2, 0.25) is 0 Å². The zero-order valence-corrected chi connectivity index (χ0v) is 15.9. The predicted molar refractivity (Wildman–Crippen MR) is 99.5 cm³/mol. The van der Waals surface area contributed by atoms with Crippen LogP contribution in [0.1, 0.15) is 39.9 Å². The first-order chi connectivity index (χ1) is 12.4. The lowest BCUT2D eigenvalue weighted by Gasteiger charge is -2.20. The SMILES string of the molecule is COC(=O)c1ccc(CN(C)S(=O)(=O)c2ccc3c(c2)CCCC3)cc1. The van der Waals surface area contributed by atoms with Crippen molar-refractivity contribution in [2.75, 3.05) is 14.2 Å². The Bertz CT molecular complexity index is 904.